The van der Waals surface area contributed by atoms with E-state index in [1.165, 1.54) is 17.8 Å². The number of nitrogens with one attached hydrogen (secondary N) is 2. The second-order valence-corrected chi connectivity index (χ2v) is 7.25. The van der Waals surface area contributed by atoms with Gasteiger partial charge in [0.2, 0.25) is 11.8 Å². The number of amides is 2. The molecule has 144 valence electrons. The monoisotopic (exact) mass is 392 g/mol. The van der Waals surface area contributed by atoms with Gasteiger partial charge in [-0.25, -0.2) is 8.78 Å². The number of para-hydroxylation sites is 1. The minimum Gasteiger partial charge on any atom is -0.326 e. The van der Waals surface area contributed by atoms with Gasteiger partial charge in [-0.15, -0.1) is 0 Å². The van der Waals surface area contributed by atoms with E-state index in [0.29, 0.717) is 18.6 Å². The van der Waals surface area contributed by atoms with Crippen LogP contribution >= 0.6 is 11.8 Å². The molecular formula is C20H22F2N2O2S. The second kappa shape index (κ2) is 10.1. The molecule has 4 nitrogen and oxygen atoms in total. The number of hydrogen-bond acceptors (Lipinski definition) is 3. The Morgan fingerprint density at radius 1 is 0.963 bits per heavy atom. The summed E-state index contributed by atoms with van der Waals surface area (Å²) in [6, 6.07) is 9.05. The Balaban J connectivity index is 1.65. The smallest absolute Gasteiger partial charge is 0.234 e. The molecule has 0 saturated heterocycles. The Kier molecular flexibility index (Phi) is 7.79. The van der Waals surface area contributed by atoms with Crippen LogP contribution in [0.4, 0.5) is 20.2 Å². The van der Waals surface area contributed by atoms with E-state index < -0.39 is 11.6 Å². The molecule has 2 amide bonds. The highest BCUT2D eigenvalue weighted by Gasteiger charge is 2.09. The normalized spacial score (nSPS) is 10.5. The lowest BCUT2D eigenvalue weighted by atomic mass is 10.1. The molecule has 2 rings (SSSR count). The molecule has 0 saturated carbocycles. The van der Waals surface area contributed by atoms with Gasteiger partial charge in [0.1, 0.15) is 0 Å². The quantitative estimate of drug-likeness (QED) is 0.642. The third kappa shape index (κ3) is 6.67. The fourth-order valence-corrected chi connectivity index (χ4v) is 3.23. The summed E-state index contributed by atoms with van der Waals surface area (Å²) in [5.74, 6) is -1.50. The SMILES string of the molecule is Cc1cccc(C)c1NC(=O)CCCSCC(=O)Nc1ccc(F)c(F)c1. The highest BCUT2D eigenvalue weighted by molar-refractivity contribution is 7.99. The van der Waals surface area contributed by atoms with Gasteiger partial charge in [-0.2, -0.15) is 11.8 Å². The van der Waals surface area contributed by atoms with Crippen molar-refractivity contribution in [2.24, 2.45) is 0 Å². The molecule has 7 heteroatoms. The summed E-state index contributed by atoms with van der Waals surface area (Å²) in [5, 5.41) is 5.44. The molecule has 0 atom stereocenters. The van der Waals surface area contributed by atoms with E-state index in [9.17, 15) is 18.4 Å². The van der Waals surface area contributed by atoms with E-state index in [0.717, 1.165) is 28.9 Å². The predicted octanol–water partition coefficient (Wildman–Crippen LogP) is 4.67. The summed E-state index contributed by atoms with van der Waals surface area (Å²) >= 11 is 1.38. The third-order valence-corrected chi connectivity index (χ3v) is 4.92. The molecular weight excluding hydrogens is 370 g/mol. The van der Waals surface area contributed by atoms with E-state index >= 15 is 0 Å². The molecule has 0 aliphatic heterocycles. The molecule has 0 heterocycles. The van der Waals surface area contributed by atoms with Crippen molar-refractivity contribution in [1.82, 2.24) is 0 Å². The van der Waals surface area contributed by atoms with Crippen LogP contribution in [-0.4, -0.2) is 23.3 Å². The number of thioether (sulfide) groups is 1. The van der Waals surface area contributed by atoms with Gasteiger partial charge in [-0.3, -0.25) is 9.59 Å². The first-order valence-electron chi connectivity index (χ1n) is 8.55. The zero-order valence-electron chi connectivity index (χ0n) is 15.3. The van der Waals surface area contributed by atoms with Crippen LogP contribution < -0.4 is 10.6 Å². The molecule has 0 spiro atoms. The van der Waals surface area contributed by atoms with Crippen molar-refractivity contribution in [3.05, 3.63) is 59.2 Å². The van der Waals surface area contributed by atoms with Gasteiger partial charge in [0.15, 0.2) is 11.6 Å². The number of rotatable bonds is 8. The van der Waals surface area contributed by atoms with Gasteiger partial charge < -0.3 is 10.6 Å². The van der Waals surface area contributed by atoms with Crippen molar-refractivity contribution >= 4 is 35.0 Å². The summed E-state index contributed by atoms with van der Waals surface area (Å²) in [7, 11) is 0. The molecule has 2 aromatic rings. The van der Waals surface area contributed by atoms with Crippen molar-refractivity contribution in [1.29, 1.82) is 0 Å². The van der Waals surface area contributed by atoms with Crippen molar-refractivity contribution < 1.29 is 18.4 Å². The largest absolute Gasteiger partial charge is 0.326 e. The molecule has 0 unspecified atom stereocenters. The molecule has 27 heavy (non-hydrogen) atoms. The predicted molar refractivity (Wildman–Crippen MR) is 106 cm³/mol. The zero-order chi connectivity index (χ0) is 19.8. The Hall–Kier alpha value is -2.41. The maximum absolute atomic E-state index is 13.1. The molecule has 2 N–H and O–H groups in total. The molecule has 0 bridgehead atoms. The van der Waals surface area contributed by atoms with Crippen molar-refractivity contribution in [2.45, 2.75) is 26.7 Å². The lowest BCUT2D eigenvalue weighted by molar-refractivity contribution is -0.116. The van der Waals surface area contributed by atoms with E-state index in [1.807, 2.05) is 32.0 Å². The van der Waals surface area contributed by atoms with Crippen LogP contribution in [0.25, 0.3) is 0 Å². The Labute approximate surface area is 161 Å². The lowest BCUT2D eigenvalue weighted by Crippen LogP contribution is -2.15. The van der Waals surface area contributed by atoms with Gasteiger partial charge in [0, 0.05) is 23.9 Å². The third-order valence-electron chi connectivity index (χ3n) is 3.87. The summed E-state index contributed by atoms with van der Waals surface area (Å²) in [4.78, 5) is 23.8. The van der Waals surface area contributed by atoms with E-state index in [4.69, 9.17) is 0 Å². The van der Waals surface area contributed by atoms with E-state index in [-0.39, 0.29) is 23.3 Å². The number of anilines is 2. The first-order valence-corrected chi connectivity index (χ1v) is 9.71. The van der Waals surface area contributed by atoms with Crippen LogP contribution in [0.5, 0.6) is 0 Å². The number of carbonyl (C=O) groups excluding carboxylic acids is 2. The van der Waals surface area contributed by atoms with E-state index in [2.05, 4.69) is 10.6 Å². The molecule has 2 aromatic carbocycles. The molecule has 0 fully saturated rings. The van der Waals surface area contributed by atoms with Crippen LogP contribution in [-0.2, 0) is 9.59 Å². The van der Waals surface area contributed by atoms with Gasteiger partial charge >= 0.3 is 0 Å². The van der Waals surface area contributed by atoms with Gasteiger partial charge in [-0.05, 0) is 49.3 Å². The number of carbonyl (C=O) groups is 2. The summed E-state index contributed by atoms with van der Waals surface area (Å²) in [6.45, 7) is 3.90. The molecule has 0 radical (unpaired) electrons. The first-order chi connectivity index (χ1) is 12.9. The Morgan fingerprint density at radius 2 is 1.67 bits per heavy atom. The maximum atomic E-state index is 13.1. The average molecular weight is 392 g/mol. The van der Waals surface area contributed by atoms with Gasteiger partial charge in [0.05, 0.1) is 5.75 Å². The molecule has 0 aliphatic carbocycles. The number of benzene rings is 2. The number of aryl methyl sites for hydroxylation is 2. The first kappa shape index (κ1) is 20.9. The standard InChI is InChI=1S/C20H22F2N2O2S/c1-13-5-3-6-14(2)20(13)24-18(25)7-4-10-27-12-19(26)23-15-8-9-16(21)17(22)11-15/h3,5-6,8-9,11H,4,7,10,12H2,1-2H3,(H,23,26)(H,24,25). The van der Waals surface area contributed by atoms with Crippen LogP contribution in [0.15, 0.2) is 36.4 Å². The lowest BCUT2D eigenvalue weighted by Gasteiger charge is -2.11. The second-order valence-electron chi connectivity index (χ2n) is 6.15. The maximum Gasteiger partial charge on any atom is 0.234 e. The van der Waals surface area contributed by atoms with Gasteiger partial charge in [0.25, 0.3) is 0 Å². The van der Waals surface area contributed by atoms with Gasteiger partial charge in [-0.1, -0.05) is 18.2 Å². The molecule has 0 aromatic heterocycles. The van der Waals surface area contributed by atoms with Crippen molar-refractivity contribution in [3.8, 4) is 0 Å². The summed E-state index contributed by atoms with van der Waals surface area (Å²) < 4.78 is 25.9. The topological polar surface area (TPSA) is 58.2 Å². The molecule has 0 aliphatic rings. The summed E-state index contributed by atoms with van der Waals surface area (Å²) in [6.07, 6.45) is 1.01. The van der Waals surface area contributed by atoms with Crippen LogP contribution in [0.2, 0.25) is 0 Å². The van der Waals surface area contributed by atoms with Crippen LogP contribution in [0, 0.1) is 25.5 Å². The highest BCUT2D eigenvalue weighted by Crippen LogP contribution is 2.20. The summed E-state index contributed by atoms with van der Waals surface area (Å²) in [5.41, 5.74) is 3.10. The van der Waals surface area contributed by atoms with Crippen molar-refractivity contribution in [3.63, 3.8) is 0 Å². The fraction of sp³-hybridized carbons (Fsp3) is 0.300. The zero-order valence-corrected chi connectivity index (χ0v) is 16.1. The number of halogens is 2. The number of hydrogen-bond donors (Lipinski definition) is 2. The Bertz CT molecular complexity index is 807. The minimum atomic E-state index is -1.00. The highest BCUT2D eigenvalue weighted by atomic mass is 32.2. The van der Waals surface area contributed by atoms with Crippen LogP contribution in [0.3, 0.4) is 0 Å². The fourth-order valence-electron chi connectivity index (χ4n) is 2.48. The minimum absolute atomic E-state index is 0.0563. The average Bonchev–Trinajstić information content (AvgIpc) is 2.61. The van der Waals surface area contributed by atoms with E-state index in [1.54, 1.807) is 0 Å². The van der Waals surface area contributed by atoms with Crippen molar-refractivity contribution in [2.75, 3.05) is 22.1 Å². The Morgan fingerprint density at radius 3 is 2.33 bits per heavy atom. The van der Waals surface area contributed by atoms with Crippen LogP contribution in [0.1, 0.15) is 24.0 Å².